The number of anilines is 2. The van der Waals surface area contributed by atoms with Gasteiger partial charge in [-0.1, -0.05) is 36.1 Å². The molecule has 4 aromatic rings. The molecule has 0 saturated heterocycles. The third-order valence-electron chi connectivity index (χ3n) is 4.27. The molecule has 6 heteroatoms. The van der Waals surface area contributed by atoms with Crippen molar-refractivity contribution < 1.29 is 5.11 Å². The van der Waals surface area contributed by atoms with Gasteiger partial charge in [0, 0.05) is 16.0 Å². The molecule has 2 heterocycles. The van der Waals surface area contributed by atoms with Gasteiger partial charge >= 0.3 is 0 Å². The number of aromatic hydroxyl groups is 1. The minimum absolute atomic E-state index is 0.275. The van der Waals surface area contributed by atoms with Crippen molar-refractivity contribution in [3.8, 4) is 5.75 Å². The summed E-state index contributed by atoms with van der Waals surface area (Å²) in [4.78, 5) is 12.4. The van der Waals surface area contributed by atoms with E-state index < -0.39 is 0 Å². The highest BCUT2D eigenvalue weighted by Gasteiger charge is 2.12. The highest BCUT2D eigenvalue weighted by molar-refractivity contribution is 7.99. The van der Waals surface area contributed by atoms with E-state index in [4.69, 9.17) is 4.98 Å². The molecule has 0 aliphatic heterocycles. The zero-order valence-electron chi connectivity index (χ0n) is 15.8. The smallest absolute Gasteiger partial charge is 0.145 e. The molecule has 0 amide bonds. The molecular formula is C22H21N3OS2. The molecule has 0 saturated carbocycles. The molecule has 0 aliphatic carbocycles. The lowest BCUT2D eigenvalue weighted by molar-refractivity contribution is 0.475. The first-order chi connectivity index (χ1) is 13.6. The molecule has 0 aliphatic rings. The fourth-order valence-electron chi connectivity index (χ4n) is 2.92. The molecule has 28 heavy (non-hydrogen) atoms. The van der Waals surface area contributed by atoms with Gasteiger partial charge in [-0.05, 0) is 67.8 Å². The van der Waals surface area contributed by atoms with Crippen LogP contribution in [0.15, 0.2) is 64.5 Å². The summed E-state index contributed by atoms with van der Waals surface area (Å²) in [5.74, 6) is 0.275. The van der Waals surface area contributed by atoms with Gasteiger partial charge in [0.15, 0.2) is 0 Å². The Bertz CT molecular complexity index is 1110. The van der Waals surface area contributed by atoms with Crippen molar-refractivity contribution in [1.82, 2.24) is 9.97 Å². The number of benzene rings is 2. The first-order valence-corrected chi connectivity index (χ1v) is 10.8. The maximum atomic E-state index is 9.52. The molecule has 142 valence electrons. The molecule has 0 radical (unpaired) electrons. The van der Waals surface area contributed by atoms with Crippen LogP contribution in [0.25, 0.3) is 10.3 Å². The number of nitrogens with one attached hydrogen (secondary N) is 1. The fourth-order valence-corrected chi connectivity index (χ4v) is 4.83. The average Bonchev–Trinajstić information content (AvgIpc) is 3.10. The minimum Gasteiger partial charge on any atom is -0.508 e. The van der Waals surface area contributed by atoms with E-state index in [-0.39, 0.29) is 5.75 Å². The minimum atomic E-state index is 0.275. The predicted octanol–water partition coefficient (Wildman–Crippen LogP) is 6.55. The van der Waals surface area contributed by atoms with Crippen molar-refractivity contribution in [3.63, 3.8) is 0 Å². The summed E-state index contributed by atoms with van der Waals surface area (Å²) >= 11 is 3.33. The van der Waals surface area contributed by atoms with E-state index in [9.17, 15) is 5.11 Å². The second-order valence-electron chi connectivity index (χ2n) is 6.59. The van der Waals surface area contributed by atoms with Crippen LogP contribution in [-0.4, -0.2) is 15.1 Å². The standard InChI is InChI=1S/C22H21N3OS2/c1-3-4-20-25-21-17(11-12-23-22(21)28-20)24-18-13-14(2)5-10-19(18)27-16-8-6-15(26)7-9-16/h5-13,26H,3-4H2,1-2H3,(H,23,24). The average molecular weight is 408 g/mol. The van der Waals surface area contributed by atoms with Gasteiger partial charge in [0.2, 0.25) is 0 Å². The van der Waals surface area contributed by atoms with Crippen LogP contribution < -0.4 is 5.32 Å². The number of nitrogens with zero attached hydrogens (tertiary/aromatic N) is 2. The van der Waals surface area contributed by atoms with E-state index in [1.807, 2.05) is 24.4 Å². The molecular weight excluding hydrogens is 386 g/mol. The first-order valence-electron chi connectivity index (χ1n) is 9.21. The van der Waals surface area contributed by atoms with Crippen LogP contribution in [0, 0.1) is 6.92 Å². The van der Waals surface area contributed by atoms with Gasteiger partial charge in [-0.3, -0.25) is 0 Å². The lowest BCUT2D eigenvalue weighted by Crippen LogP contribution is -1.95. The molecule has 2 aromatic heterocycles. The van der Waals surface area contributed by atoms with Crippen molar-refractivity contribution in [2.75, 3.05) is 5.32 Å². The number of aryl methyl sites for hydroxylation is 2. The Morgan fingerprint density at radius 1 is 1.07 bits per heavy atom. The molecule has 0 atom stereocenters. The van der Waals surface area contributed by atoms with Gasteiger partial charge < -0.3 is 10.4 Å². The number of pyridine rings is 1. The molecule has 0 unspecified atom stereocenters. The van der Waals surface area contributed by atoms with E-state index >= 15 is 0 Å². The lowest BCUT2D eigenvalue weighted by atomic mass is 10.2. The Labute approximate surface area is 172 Å². The fraction of sp³-hybridized carbons (Fsp3) is 0.182. The van der Waals surface area contributed by atoms with Crippen molar-refractivity contribution in [3.05, 3.63) is 65.3 Å². The van der Waals surface area contributed by atoms with E-state index in [0.29, 0.717) is 0 Å². The summed E-state index contributed by atoms with van der Waals surface area (Å²) in [6.07, 6.45) is 3.89. The van der Waals surface area contributed by atoms with Crippen LogP contribution in [-0.2, 0) is 6.42 Å². The molecule has 0 spiro atoms. The summed E-state index contributed by atoms with van der Waals surface area (Å²) in [6.45, 7) is 4.25. The largest absolute Gasteiger partial charge is 0.508 e. The topological polar surface area (TPSA) is 58.0 Å². The van der Waals surface area contributed by atoms with E-state index in [1.165, 1.54) is 5.56 Å². The Kier molecular flexibility index (Phi) is 5.50. The quantitative estimate of drug-likeness (QED) is 0.379. The van der Waals surface area contributed by atoms with Crippen LogP contribution in [0.2, 0.25) is 0 Å². The van der Waals surface area contributed by atoms with Crippen molar-refractivity contribution in [2.24, 2.45) is 0 Å². The Morgan fingerprint density at radius 3 is 2.68 bits per heavy atom. The Hall–Kier alpha value is -2.57. The van der Waals surface area contributed by atoms with Gasteiger partial charge in [-0.2, -0.15) is 0 Å². The Morgan fingerprint density at radius 2 is 1.89 bits per heavy atom. The van der Waals surface area contributed by atoms with Crippen LogP contribution >= 0.6 is 23.1 Å². The summed E-state index contributed by atoms with van der Waals surface area (Å²) in [6, 6.07) is 15.6. The zero-order valence-corrected chi connectivity index (χ0v) is 17.4. The zero-order chi connectivity index (χ0) is 19.5. The van der Waals surface area contributed by atoms with Gasteiger partial charge in [-0.25, -0.2) is 9.97 Å². The SMILES string of the molecule is CCCc1nc2c(Nc3cc(C)ccc3Sc3ccc(O)cc3)ccnc2s1. The third-order valence-corrected chi connectivity index (χ3v) is 6.38. The number of phenols is 1. The van der Waals surface area contributed by atoms with Gasteiger partial charge in [0.25, 0.3) is 0 Å². The summed E-state index contributed by atoms with van der Waals surface area (Å²) in [7, 11) is 0. The summed E-state index contributed by atoms with van der Waals surface area (Å²) in [5.41, 5.74) is 4.13. The van der Waals surface area contributed by atoms with Crippen LogP contribution in [0.4, 0.5) is 11.4 Å². The molecule has 2 aromatic carbocycles. The summed E-state index contributed by atoms with van der Waals surface area (Å²) < 4.78 is 0. The third kappa shape index (κ3) is 4.13. The second kappa shape index (κ2) is 8.20. The molecule has 4 rings (SSSR count). The van der Waals surface area contributed by atoms with E-state index in [0.717, 1.165) is 49.4 Å². The van der Waals surface area contributed by atoms with E-state index in [2.05, 4.69) is 42.3 Å². The monoisotopic (exact) mass is 407 g/mol. The van der Waals surface area contributed by atoms with Gasteiger partial charge in [-0.15, -0.1) is 0 Å². The number of aromatic nitrogens is 2. The van der Waals surface area contributed by atoms with Crippen molar-refractivity contribution in [2.45, 2.75) is 36.5 Å². The van der Waals surface area contributed by atoms with Crippen LogP contribution in [0.1, 0.15) is 23.9 Å². The summed E-state index contributed by atoms with van der Waals surface area (Å²) in [5, 5.41) is 14.2. The Balaban J connectivity index is 1.68. The van der Waals surface area contributed by atoms with E-state index in [1.54, 1.807) is 35.2 Å². The van der Waals surface area contributed by atoms with Crippen LogP contribution in [0.5, 0.6) is 5.75 Å². The number of hydrogen-bond donors (Lipinski definition) is 2. The number of fused-ring (bicyclic) bond motifs is 1. The van der Waals surface area contributed by atoms with Crippen molar-refractivity contribution in [1.29, 1.82) is 0 Å². The molecule has 2 N–H and O–H groups in total. The van der Waals surface area contributed by atoms with Gasteiger partial charge in [0.1, 0.15) is 16.1 Å². The predicted molar refractivity (Wildman–Crippen MR) is 118 cm³/mol. The lowest BCUT2D eigenvalue weighted by Gasteiger charge is -2.13. The number of phenolic OH excluding ortho intramolecular Hbond substituents is 1. The highest BCUT2D eigenvalue weighted by atomic mass is 32.2. The maximum absolute atomic E-state index is 9.52. The number of hydrogen-bond acceptors (Lipinski definition) is 6. The molecule has 0 fully saturated rings. The maximum Gasteiger partial charge on any atom is 0.145 e. The van der Waals surface area contributed by atoms with Gasteiger partial charge in [0.05, 0.1) is 16.4 Å². The molecule has 0 bridgehead atoms. The van der Waals surface area contributed by atoms with Crippen LogP contribution in [0.3, 0.4) is 0 Å². The highest BCUT2D eigenvalue weighted by Crippen LogP contribution is 2.37. The second-order valence-corrected chi connectivity index (χ2v) is 8.77. The first kappa shape index (κ1) is 18.8. The molecule has 4 nitrogen and oxygen atoms in total. The number of rotatable bonds is 6. The van der Waals surface area contributed by atoms with Crippen molar-refractivity contribution >= 4 is 44.8 Å². The normalized spacial score (nSPS) is 11.1. The number of thiazole rings is 1.